The second-order valence-electron chi connectivity index (χ2n) is 5.59. The summed E-state index contributed by atoms with van der Waals surface area (Å²) in [6.45, 7) is 8.27. The molecule has 2 heterocycles. The van der Waals surface area contributed by atoms with Gasteiger partial charge in [-0.25, -0.2) is 0 Å². The lowest BCUT2D eigenvalue weighted by Crippen LogP contribution is -2.50. The number of hydrogen-bond donors (Lipinski definition) is 1. The molecule has 2 bridgehead atoms. The van der Waals surface area contributed by atoms with Crippen LogP contribution >= 0.6 is 0 Å². The van der Waals surface area contributed by atoms with Crippen molar-refractivity contribution in [3.63, 3.8) is 0 Å². The minimum absolute atomic E-state index is 0.715. The lowest BCUT2D eigenvalue weighted by Gasteiger charge is -2.40. The van der Waals surface area contributed by atoms with Gasteiger partial charge in [0, 0.05) is 24.2 Å². The van der Waals surface area contributed by atoms with Crippen LogP contribution in [0.1, 0.15) is 52.9 Å². The summed E-state index contributed by atoms with van der Waals surface area (Å²) < 4.78 is 0. The SMILES string of the molecule is CCCN(C(C)C)C1CC2CCC(C1)N2. The van der Waals surface area contributed by atoms with E-state index in [1.807, 2.05) is 0 Å². The average Bonchev–Trinajstić information content (AvgIpc) is 2.54. The Morgan fingerprint density at radius 2 is 1.80 bits per heavy atom. The van der Waals surface area contributed by atoms with Crippen LogP contribution in [0.4, 0.5) is 0 Å². The first-order valence-electron chi connectivity index (χ1n) is 6.72. The molecule has 0 spiro atoms. The number of nitrogens with one attached hydrogen (secondary N) is 1. The third-order valence-corrected chi connectivity index (χ3v) is 4.06. The van der Waals surface area contributed by atoms with Gasteiger partial charge in [-0.15, -0.1) is 0 Å². The van der Waals surface area contributed by atoms with Crippen molar-refractivity contribution in [3.05, 3.63) is 0 Å². The highest BCUT2D eigenvalue weighted by Gasteiger charge is 2.36. The maximum atomic E-state index is 3.73. The quantitative estimate of drug-likeness (QED) is 0.766. The molecule has 2 aliphatic heterocycles. The van der Waals surface area contributed by atoms with E-state index in [0.29, 0.717) is 6.04 Å². The lowest BCUT2D eigenvalue weighted by atomic mass is 9.97. The van der Waals surface area contributed by atoms with Crippen molar-refractivity contribution in [2.75, 3.05) is 6.54 Å². The van der Waals surface area contributed by atoms with Gasteiger partial charge in [0.2, 0.25) is 0 Å². The van der Waals surface area contributed by atoms with E-state index in [4.69, 9.17) is 0 Å². The molecule has 0 aromatic rings. The van der Waals surface area contributed by atoms with Crippen LogP contribution in [-0.2, 0) is 0 Å². The Hall–Kier alpha value is -0.0800. The molecule has 2 heteroatoms. The normalized spacial score (nSPS) is 35.4. The average molecular weight is 210 g/mol. The fourth-order valence-electron chi connectivity index (χ4n) is 3.42. The number of nitrogens with zero attached hydrogens (tertiary/aromatic N) is 1. The highest BCUT2D eigenvalue weighted by atomic mass is 15.2. The van der Waals surface area contributed by atoms with Crippen LogP contribution in [-0.4, -0.2) is 35.6 Å². The van der Waals surface area contributed by atoms with Crippen molar-refractivity contribution in [1.29, 1.82) is 0 Å². The predicted octanol–water partition coefficient (Wildman–Crippen LogP) is 2.39. The van der Waals surface area contributed by atoms with Gasteiger partial charge in [0.25, 0.3) is 0 Å². The van der Waals surface area contributed by atoms with Gasteiger partial charge in [-0.05, 0) is 52.5 Å². The maximum Gasteiger partial charge on any atom is 0.0128 e. The van der Waals surface area contributed by atoms with Crippen LogP contribution in [0, 0.1) is 0 Å². The summed E-state index contributed by atoms with van der Waals surface area (Å²) in [7, 11) is 0. The lowest BCUT2D eigenvalue weighted by molar-refractivity contribution is 0.109. The number of piperidine rings is 1. The van der Waals surface area contributed by atoms with E-state index >= 15 is 0 Å². The van der Waals surface area contributed by atoms with Gasteiger partial charge < -0.3 is 5.32 Å². The summed E-state index contributed by atoms with van der Waals surface area (Å²) in [5.74, 6) is 0. The first kappa shape index (κ1) is 11.4. The fraction of sp³-hybridized carbons (Fsp3) is 1.00. The van der Waals surface area contributed by atoms with Crippen molar-refractivity contribution >= 4 is 0 Å². The molecule has 15 heavy (non-hydrogen) atoms. The molecule has 0 amide bonds. The summed E-state index contributed by atoms with van der Waals surface area (Å²) >= 11 is 0. The van der Waals surface area contributed by atoms with Crippen molar-refractivity contribution in [3.8, 4) is 0 Å². The minimum atomic E-state index is 0.715. The van der Waals surface area contributed by atoms with Crippen molar-refractivity contribution in [2.24, 2.45) is 0 Å². The van der Waals surface area contributed by atoms with Gasteiger partial charge in [-0.1, -0.05) is 6.92 Å². The molecule has 0 aliphatic carbocycles. The molecular weight excluding hydrogens is 184 g/mol. The summed E-state index contributed by atoms with van der Waals surface area (Å²) in [5, 5.41) is 3.73. The molecule has 0 saturated carbocycles. The van der Waals surface area contributed by atoms with E-state index in [0.717, 1.165) is 18.1 Å². The maximum absolute atomic E-state index is 3.73. The van der Waals surface area contributed by atoms with E-state index in [9.17, 15) is 0 Å². The Morgan fingerprint density at radius 3 is 2.27 bits per heavy atom. The molecule has 0 aromatic heterocycles. The summed E-state index contributed by atoms with van der Waals surface area (Å²) in [6.07, 6.45) is 6.89. The summed E-state index contributed by atoms with van der Waals surface area (Å²) in [4.78, 5) is 2.73. The number of rotatable bonds is 4. The summed E-state index contributed by atoms with van der Waals surface area (Å²) in [6, 6.07) is 3.22. The molecule has 2 saturated heterocycles. The summed E-state index contributed by atoms with van der Waals surface area (Å²) in [5.41, 5.74) is 0. The highest BCUT2D eigenvalue weighted by molar-refractivity contribution is 4.96. The molecule has 1 N–H and O–H groups in total. The van der Waals surface area contributed by atoms with Gasteiger partial charge >= 0.3 is 0 Å². The predicted molar refractivity (Wildman–Crippen MR) is 65.1 cm³/mol. The third-order valence-electron chi connectivity index (χ3n) is 4.06. The molecule has 2 atom stereocenters. The highest BCUT2D eigenvalue weighted by Crippen LogP contribution is 2.30. The molecule has 88 valence electrons. The zero-order chi connectivity index (χ0) is 10.8. The monoisotopic (exact) mass is 210 g/mol. The third kappa shape index (κ3) is 2.54. The van der Waals surface area contributed by atoms with Gasteiger partial charge in [0.1, 0.15) is 0 Å². The standard InChI is InChI=1S/C13H26N2/c1-4-7-15(10(2)3)13-8-11-5-6-12(9-13)14-11/h10-14H,4-9H2,1-3H3. The largest absolute Gasteiger partial charge is 0.311 e. The molecule has 2 aliphatic rings. The zero-order valence-electron chi connectivity index (χ0n) is 10.5. The minimum Gasteiger partial charge on any atom is -0.311 e. The first-order chi connectivity index (χ1) is 7.20. The Morgan fingerprint density at radius 1 is 1.20 bits per heavy atom. The van der Waals surface area contributed by atoms with E-state index < -0.39 is 0 Å². The van der Waals surface area contributed by atoms with E-state index in [1.54, 1.807) is 0 Å². The van der Waals surface area contributed by atoms with Crippen molar-refractivity contribution < 1.29 is 0 Å². The van der Waals surface area contributed by atoms with Gasteiger partial charge in [-0.2, -0.15) is 0 Å². The van der Waals surface area contributed by atoms with Crippen molar-refractivity contribution in [1.82, 2.24) is 10.2 Å². The number of hydrogen-bond acceptors (Lipinski definition) is 2. The van der Waals surface area contributed by atoms with Gasteiger partial charge in [-0.3, -0.25) is 4.90 Å². The van der Waals surface area contributed by atoms with E-state index in [2.05, 4.69) is 31.0 Å². The molecule has 2 rings (SSSR count). The fourth-order valence-corrected chi connectivity index (χ4v) is 3.42. The Balaban J connectivity index is 1.95. The smallest absolute Gasteiger partial charge is 0.0128 e. The van der Waals surface area contributed by atoms with Crippen LogP contribution < -0.4 is 5.32 Å². The Bertz CT molecular complexity index is 191. The molecule has 2 unspecified atom stereocenters. The molecule has 0 radical (unpaired) electrons. The second-order valence-corrected chi connectivity index (χ2v) is 5.59. The first-order valence-corrected chi connectivity index (χ1v) is 6.72. The Labute approximate surface area is 94.4 Å². The van der Waals surface area contributed by atoms with Gasteiger partial charge in [0.15, 0.2) is 0 Å². The molecule has 0 aromatic carbocycles. The molecular formula is C13H26N2. The molecule has 2 nitrogen and oxygen atoms in total. The van der Waals surface area contributed by atoms with E-state index in [1.165, 1.54) is 38.6 Å². The topological polar surface area (TPSA) is 15.3 Å². The second kappa shape index (κ2) is 4.84. The number of fused-ring (bicyclic) bond motifs is 2. The van der Waals surface area contributed by atoms with Gasteiger partial charge in [0.05, 0.1) is 0 Å². The van der Waals surface area contributed by atoms with E-state index in [-0.39, 0.29) is 0 Å². The van der Waals surface area contributed by atoms with Crippen LogP contribution in [0.15, 0.2) is 0 Å². The van der Waals surface area contributed by atoms with Crippen LogP contribution in [0.25, 0.3) is 0 Å². The molecule has 2 fully saturated rings. The van der Waals surface area contributed by atoms with Crippen molar-refractivity contribution in [2.45, 2.75) is 77.0 Å². The van der Waals surface area contributed by atoms with Crippen LogP contribution in [0.5, 0.6) is 0 Å². The Kier molecular flexibility index (Phi) is 3.68. The zero-order valence-corrected chi connectivity index (χ0v) is 10.5. The van der Waals surface area contributed by atoms with Crippen LogP contribution in [0.3, 0.4) is 0 Å². The van der Waals surface area contributed by atoms with Crippen LogP contribution in [0.2, 0.25) is 0 Å².